The average Bonchev–Trinajstić information content (AvgIpc) is 3.16. The molecule has 0 saturated carbocycles. The van der Waals surface area contributed by atoms with E-state index in [9.17, 15) is 20.1 Å². The van der Waals surface area contributed by atoms with E-state index in [0.29, 0.717) is 17.6 Å². The van der Waals surface area contributed by atoms with Gasteiger partial charge in [-0.05, 0) is 6.42 Å². The highest BCUT2D eigenvalue weighted by molar-refractivity contribution is 5.97. The first kappa shape index (κ1) is 17.7. The molecule has 2 aromatic heterocycles. The fourth-order valence-electron chi connectivity index (χ4n) is 2.66. The maximum absolute atomic E-state index is 12.1. The number of fused-ring (bicyclic) bond motifs is 1. The van der Waals surface area contributed by atoms with Crippen molar-refractivity contribution in [3.8, 4) is 0 Å². The lowest BCUT2D eigenvalue weighted by atomic mass is 10.1. The van der Waals surface area contributed by atoms with E-state index >= 15 is 0 Å². The van der Waals surface area contributed by atoms with Gasteiger partial charge >= 0.3 is 0 Å². The van der Waals surface area contributed by atoms with Crippen LogP contribution in [0.1, 0.15) is 26.5 Å². The number of aromatic nitrogens is 4. The predicted octanol–water partition coefficient (Wildman–Crippen LogP) is -0.578. The van der Waals surface area contributed by atoms with Crippen molar-refractivity contribution in [2.45, 2.75) is 44.8 Å². The van der Waals surface area contributed by atoms with E-state index in [1.165, 1.54) is 17.2 Å². The van der Waals surface area contributed by atoms with Crippen LogP contribution in [0.15, 0.2) is 12.7 Å². The molecule has 1 fully saturated rings. The number of ether oxygens (including phenoxy) is 1. The molecule has 1 unspecified atom stereocenters. The molecule has 3 heterocycles. The van der Waals surface area contributed by atoms with Gasteiger partial charge < -0.3 is 25.4 Å². The van der Waals surface area contributed by atoms with Crippen LogP contribution < -0.4 is 5.32 Å². The second-order valence-electron chi connectivity index (χ2n) is 6.07. The van der Waals surface area contributed by atoms with Gasteiger partial charge in [-0.2, -0.15) is 0 Å². The Morgan fingerprint density at radius 3 is 2.76 bits per heavy atom. The number of carbonyl (C=O) groups is 1. The molecule has 1 amide bonds. The normalized spacial score (nSPS) is 27.6. The van der Waals surface area contributed by atoms with Crippen LogP contribution in [0.2, 0.25) is 0 Å². The fraction of sp³-hybridized carbons (Fsp3) is 0.600. The quantitative estimate of drug-likeness (QED) is 0.560. The van der Waals surface area contributed by atoms with Crippen molar-refractivity contribution < 1.29 is 24.9 Å². The SMILES string of the molecule is CCC(C)C(=O)Nc1ncnc2c1ncn2[C@@H]1O[C@H](CO)[C@@H](O)[C@H]1O. The largest absolute Gasteiger partial charge is 0.394 e. The first-order valence-corrected chi connectivity index (χ1v) is 8.08. The van der Waals surface area contributed by atoms with Gasteiger partial charge in [-0.1, -0.05) is 13.8 Å². The Kier molecular flexibility index (Phi) is 4.95. The average molecular weight is 351 g/mol. The molecule has 2 aromatic rings. The summed E-state index contributed by atoms with van der Waals surface area (Å²) in [6.07, 6.45) is -0.973. The lowest BCUT2D eigenvalue weighted by molar-refractivity contribution is -0.119. The molecule has 136 valence electrons. The lowest BCUT2D eigenvalue weighted by Crippen LogP contribution is -2.33. The Morgan fingerprint density at radius 1 is 1.36 bits per heavy atom. The van der Waals surface area contributed by atoms with Gasteiger partial charge in [0.2, 0.25) is 5.91 Å². The molecular formula is C15H21N5O5. The zero-order chi connectivity index (χ0) is 18.1. The van der Waals surface area contributed by atoms with Crippen LogP contribution in [-0.2, 0) is 9.53 Å². The van der Waals surface area contributed by atoms with Crippen molar-refractivity contribution in [1.29, 1.82) is 0 Å². The van der Waals surface area contributed by atoms with Gasteiger partial charge in [-0.25, -0.2) is 15.0 Å². The van der Waals surface area contributed by atoms with Crippen molar-refractivity contribution in [2.24, 2.45) is 5.92 Å². The van der Waals surface area contributed by atoms with Crippen LogP contribution in [0, 0.1) is 5.92 Å². The molecule has 0 aliphatic carbocycles. The first-order chi connectivity index (χ1) is 12.0. The number of aliphatic hydroxyl groups is 3. The first-order valence-electron chi connectivity index (χ1n) is 8.08. The standard InChI is InChI=1S/C15H21N5O5/c1-3-7(2)14(24)19-12-9-13(17-5-16-12)20(6-18-9)15-11(23)10(22)8(4-21)25-15/h5-8,10-11,15,21-23H,3-4H2,1-2H3,(H,16,17,19,24)/t7?,8-,10-,11-,15-/m1/s1. The molecule has 0 spiro atoms. The molecule has 1 saturated heterocycles. The number of nitrogens with one attached hydrogen (secondary N) is 1. The number of amides is 1. The summed E-state index contributed by atoms with van der Waals surface area (Å²) in [4.78, 5) is 24.5. The Morgan fingerprint density at radius 2 is 2.12 bits per heavy atom. The van der Waals surface area contributed by atoms with Crippen LogP contribution in [-0.4, -0.2) is 65.7 Å². The van der Waals surface area contributed by atoms with Gasteiger partial charge in [-0.15, -0.1) is 0 Å². The summed E-state index contributed by atoms with van der Waals surface area (Å²) in [6, 6.07) is 0. The number of rotatable bonds is 5. The molecular weight excluding hydrogens is 330 g/mol. The molecule has 10 heteroatoms. The van der Waals surface area contributed by atoms with Gasteiger partial charge in [0, 0.05) is 5.92 Å². The number of nitrogens with zero attached hydrogens (tertiary/aromatic N) is 4. The maximum atomic E-state index is 12.1. The van der Waals surface area contributed by atoms with Crippen molar-refractivity contribution >= 4 is 22.9 Å². The zero-order valence-electron chi connectivity index (χ0n) is 13.9. The summed E-state index contributed by atoms with van der Waals surface area (Å²) >= 11 is 0. The Balaban J connectivity index is 1.93. The topological polar surface area (TPSA) is 143 Å². The van der Waals surface area contributed by atoms with E-state index in [4.69, 9.17) is 4.74 Å². The van der Waals surface area contributed by atoms with E-state index in [1.54, 1.807) is 0 Å². The molecule has 5 atom stereocenters. The molecule has 1 aliphatic rings. The van der Waals surface area contributed by atoms with Gasteiger partial charge in [0.25, 0.3) is 0 Å². The summed E-state index contributed by atoms with van der Waals surface area (Å²) < 4.78 is 6.93. The Hall–Kier alpha value is -2.14. The van der Waals surface area contributed by atoms with Crippen molar-refractivity contribution in [3.05, 3.63) is 12.7 Å². The maximum Gasteiger partial charge on any atom is 0.228 e. The Bertz CT molecular complexity index is 766. The molecule has 25 heavy (non-hydrogen) atoms. The third-order valence-electron chi connectivity index (χ3n) is 4.45. The molecule has 1 aliphatic heterocycles. The summed E-state index contributed by atoms with van der Waals surface area (Å²) in [5, 5.41) is 32.0. The number of anilines is 1. The highest BCUT2D eigenvalue weighted by Gasteiger charge is 2.44. The second-order valence-corrected chi connectivity index (χ2v) is 6.07. The van der Waals surface area contributed by atoms with E-state index in [0.717, 1.165) is 0 Å². The van der Waals surface area contributed by atoms with E-state index in [1.807, 2.05) is 13.8 Å². The van der Waals surface area contributed by atoms with Crippen molar-refractivity contribution in [1.82, 2.24) is 19.5 Å². The third-order valence-corrected chi connectivity index (χ3v) is 4.45. The summed E-state index contributed by atoms with van der Waals surface area (Å²) in [7, 11) is 0. The summed E-state index contributed by atoms with van der Waals surface area (Å²) in [5.74, 6) is -0.0849. The number of aliphatic hydroxyl groups excluding tert-OH is 3. The fourth-order valence-corrected chi connectivity index (χ4v) is 2.66. The van der Waals surface area contributed by atoms with Gasteiger partial charge in [-0.3, -0.25) is 9.36 Å². The molecule has 10 nitrogen and oxygen atoms in total. The number of hydrogen-bond acceptors (Lipinski definition) is 8. The molecule has 4 N–H and O–H groups in total. The van der Waals surface area contributed by atoms with Gasteiger partial charge in [0.1, 0.15) is 24.6 Å². The molecule has 3 rings (SSSR count). The second kappa shape index (κ2) is 7.00. The molecule has 0 radical (unpaired) electrons. The van der Waals surface area contributed by atoms with E-state index in [-0.39, 0.29) is 17.6 Å². The minimum Gasteiger partial charge on any atom is -0.394 e. The number of carbonyl (C=O) groups excluding carboxylic acids is 1. The van der Waals surface area contributed by atoms with E-state index < -0.39 is 31.1 Å². The number of hydrogen-bond donors (Lipinski definition) is 4. The zero-order valence-corrected chi connectivity index (χ0v) is 13.9. The smallest absolute Gasteiger partial charge is 0.228 e. The molecule has 0 bridgehead atoms. The highest BCUT2D eigenvalue weighted by Crippen LogP contribution is 2.32. The van der Waals surface area contributed by atoms with Crippen LogP contribution >= 0.6 is 0 Å². The minimum atomic E-state index is -1.25. The summed E-state index contributed by atoms with van der Waals surface area (Å²) in [5.41, 5.74) is 0.682. The van der Waals surface area contributed by atoms with Crippen LogP contribution in [0.25, 0.3) is 11.2 Å². The van der Waals surface area contributed by atoms with E-state index in [2.05, 4.69) is 20.3 Å². The highest BCUT2D eigenvalue weighted by atomic mass is 16.6. The van der Waals surface area contributed by atoms with Gasteiger partial charge in [0.15, 0.2) is 23.2 Å². The monoisotopic (exact) mass is 351 g/mol. The van der Waals surface area contributed by atoms with Crippen LogP contribution in [0.3, 0.4) is 0 Å². The van der Waals surface area contributed by atoms with Crippen molar-refractivity contribution in [3.63, 3.8) is 0 Å². The summed E-state index contributed by atoms with van der Waals surface area (Å²) in [6.45, 7) is 3.30. The predicted molar refractivity (Wildman–Crippen MR) is 86.4 cm³/mol. The molecule has 0 aromatic carbocycles. The van der Waals surface area contributed by atoms with Crippen LogP contribution in [0.5, 0.6) is 0 Å². The lowest BCUT2D eigenvalue weighted by Gasteiger charge is -2.16. The Labute approximate surface area is 143 Å². The van der Waals surface area contributed by atoms with Gasteiger partial charge in [0.05, 0.1) is 12.9 Å². The number of imidazole rings is 1. The van der Waals surface area contributed by atoms with Crippen LogP contribution in [0.4, 0.5) is 5.82 Å². The third kappa shape index (κ3) is 3.09. The van der Waals surface area contributed by atoms with Crippen molar-refractivity contribution in [2.75, 3.05) is 11.9 Å². The minimum absolute atomic E-state index is 0.174.